The van der Waals surface area contributed by atoms with Gasteiger partial charge in [0.1, 0.15) is 11.5 Å². The largest absolute Gasteiger partial charge is 0.456 e. The molecule has 1 amide bonds. The monoisotopic (exact) mass is 436 g/mol. The molecule has 0 bridgehead atoms. The van der Waals surface area contributed by atoms with Crippen LogP contribution in [0.4, 0.5) is 11.4 Å². The Morgan fingerprint density at radius 1 is 1.13 bits per heavy atom. The number of carbonyl (C=O) groups is 1. The maximum atomic E-state index is 13.0. The number of nitro groups is 1. The lowest BCUT2D eigenvalue weighted by molar-refractivity contribution is -0.384. The molecule has 2 heterocycles. The van der Waals surface area contributed by atoms with Gasteiger partial charge in [-0.25, -0.2) is 0 Å². The smallest absolute Gasteiger partial charge is 0.280 e. The number of aryl methyl sites for hydroxylation is 2. The fourth-order valence-electron chi connectivity index (χ4n) is 3.28. The van der Waals surface area contributed by atoms with Crippen LogP contribution in [0, 0.1) is 24.0 Å². The molecule has 0 spiro atoms. The second kappa shape index (κ2) is 7.89. The number of carbonyl (C=O) groups excluding carboxylic acids is 1. The van der Waals surface area contributed by atoms with Crippen LogP contribution in [0.1, 0.15) is 16.9 Å². The molecule has 2 aromatic carbocycles. The van der Waals surface area contributed by atoms with Crippen molar-refractivity contribution >= 4 is 51.7 Å². The van der Waals surface area contributed by atoms with E-state index in [4.69, 9.17) is 16.6 Å². The second-order valence-electron chi connectivity index (χ2n) is 6.78. The van der Waals surface area contributed by atoms with Crippen LogP contribution in [0.3, 0.4) is 0 Å². The van der Waals surface area contributed by atoms with E-state index in [0.29, 0.717) is 26.3 Å². The highest BCUT2D eigenvalue weighted by Crippen LogP contribution is 2.38. The first-order valence-electron chi connectivity index (χ1n) is 9.04. The molecule has 30 heavy (non-hydrogen) atoms. The molecular formula is C22H16N2O4S2. The topological polar surface area (TPSA) is 76.6 Å². The van der Waals surface area contributed by atoms with Crippen molar-refractivity contribution in [2.75, 3.05) is 4.90 Å². The number of thioether (sulfide) groups is 1. The molecule has 0 N–H and O–H groups in total. The van der Waals surface area contributed by atoms with Crippen LogP contribution in [0.25, 0.3) is 17.4 Å². The van der Waals surface area contributed by atoms with E-state index in [9.17, 15) is 14.9 Å². The van der Waals surface area contributed by atoms with Crippen LogP contribution in [0.5, 0.6) is 0 Å². The molecule has 0 atom stereocenters. The van der Waals surface area contributed by atoms with Gasteiger partial charge in [-0.05, 0) is 43.7 Å². The third-order valence-corrected chi connectivity index (χ3v) is 5.96. The Labute approximate surface area is 182 Å². The van der Waals surface area contributed by atoms with Gasteiger partial charge in [-0.15, -0.1) is 0 Å². The molecule has 1 saturated heterocycles. The number of benzene rings is 2. The summed E-state index contributed by atoms with van der Waals surface area (Å²) in [5.74, 6) is 0.559. The van der Waals surface area contributed by atoms with Crippen LogP contribution in [0.15, 0.2) is 63.9 Å². The van der Waals surface area contributed by atoms with E-state index in [1.807, 2.05) is 32.0 Å². The Bertz CT molecular complexity index is 1230. The van der Waals surface area contributed by atoms with Crippen molar-refractivity contribution in [3.63, 3.8) is 0 Å². The van der Waals surface area contributed by atoms with Gasteiger partial charge >= 0.3 is 0 Å². The average Bonchev–Trinajstić information content (AvgIpc) is 3.27. The highest BCUT2D eigenvalue weighted by Gasteiger charge is 2.34. The van der Waals surface area contributed by atoms with E-state index < -0.39 is 4.92 Å². The molecule has 1 aliphatic heterocycles. The molecule has 0 saturated carbocycles. The number of nitro benzene ring substituents is 1. The van der Waals surface area contributed by atoms with E-state index in [0.717, 1.165) is 16.8 Å². The maximum absolute atomic E-state index is 13.0. The molecule has 8 heteroatoms. The van der Waals surface area contributed by atoms with Gasteiger partial charge < -0.3 is 4.42 Å². The van der Waals surface area contributed by atoms with Crippen molar-refractivity contribution in [1.82, 2.24) is 0 Å². The molecule has 6 nitrogen and oxygen atoms in total. The quantitative estimate of drug-likeness (QED) is 0.220. The number of nitrogens with zero attached hydrogens (tertiary/aromatic N) is 2. The summed E-state index contributed by atoms with van der Waals surface area (Å²) in [5, 5.41) is 11.3. The Hall–Kier alpha value is -3.23. The number of rotatable bonds is 4. The molecule has 150 valence electrons. The number of para-hydroxylation sites is 1. The Morgan fingerprint density at radius 2 is 1.90 bits per heavy atom. The van der Waals surface area contributed by atoms with Gasteiger partial charge in [0.2, 0.25) is 0 Å². The number of anilines is 1. The number of thiocarbonyl (C=S) groups is 1. The summed E-state index contributed by atoms with van der Waals surface area (Å²) in [4.78, 5) is 25.8. The van der Waals surface area contributed by atoms with Crippen molar-refractivity contribution in [2.45, 2.75) is 13.8 Å². The molecule has 4 rings (SSSR count). The zero-order valence-electron chi connectivity index (χ0n) is 16.1. The Kier molecular flexibility index (Phi) is 5.27. The number of hydrogen-bond donors (Lipinski definition) is 0. The fourth-order valence-corrected chi connectivity index (χ4v) is 4.54. The summed E-state index contributed by atoms with van der Waals surface area (Å²) in [6.45, 7) is 3.93. The molecule has 1 fully saturated rings. The van der Waals surface area contributed by atoms with E-state index in [2.05, 4.69) is 0 Å². The second-order valence-corrected chi connectivity index (χ2v) is 8.46. The van der Waals surface area contributed by atoms with Gasteiger partial charge in [-0.2, -0.15) is 0 Å². The van der Waals surface area contributed by atoms with Crippen molar-refractivity contribution < 1.29 is 14.1 Å². The van der Waals surface area contributed by atoms with Gasteiger partial charge in [0.05, 0.1) is 21.1 Å². The van der Waals surface area contributed by atoms with Crippen molar-refractivity contribution in [3.05, 3.63) is 86.5 Å². The lowest BCUT2D eigenvalue weighted by Gasteiger charge is -2.17. The minimum absolute atomic E-state index is 0.0421. The molecule has 0 radical (unpaired) electrons. The summed E-state index contributed by atoms with van der Waals surface area (Å²) in [6, 6.07) is 15.5. The van der Waals surface area contributed by atoms with Gasteiger partial charge in [-0.3, -0.25) is 19.8 Å². The fraction of sp³-hybridized carbons (Fsp3) is 0.0909. The van der Waals surface area contributed by atoms with E-state index in [1.165, 1.54) is 22.7 Å². The highest BCUT2D eigenvalue weighted by molar-refractivity contribution is 8.27. The summed E-state index contributed by atoms with van der Waals surface area (Å²) in [5.41, 5.74) is 3.16. The first kappa shape index (κ1) is 20.1. The summed E-state index contributed by atoms with van der Waals surface area (Å²) in [6.07, 6.45) is 1.61. The van der Waals surface area contributed by atoms with Gasteiger partial charge in [0, 0.05) is 12.1 Å². The SMILES string of the molecule is Cc1ccc(N2C(=O)/C(=C\c3ccc(-c4ccccc4[N+](=O)[O-])o3)SC2=S)c(C)c1. The summed E-state index contributed by atoms with van der Waals surface area (Å²) in [7, 11) is 0. The van der Waals surface area contributed by atoms with Crippen LogP contribution in [0.2, 0.25) is 0 Å². The minimum atomic E-state index is -0.452. The van der Waals surface area contributed by atoms with Gasteiger partial charge in [0.25, 0.3) is 11.6 Å². The normalized spacial score (nSPS) is 15.3. The van der Waals surface area contributed by atoms with Crippen molar-refractivity contribution in [2.24, 2.45) is 0 Å². The molecule has 1 aromatic heterocycles. The van der Waals surface area contributed by atoms with E-state index in [1.54, 1.807) is 36.4 Å². The van der Waals surface area contributed by atoms with Crippen molar-refractivity contribution in [3.8, 4) is 11.3 Å². The van der Waals surface area contributed by atoms with E-state index in [-0.39, 0.29) is 11.6 Å². The molecule has 0 unspecified atom stereocenters. The third-order valence-electron chi connectivity index (χ3n) is 4.65. The van der Waals surface area contributed by atoms with Gasteiger partial charge in [0.15, 0.2) is 4.32 Å². The summed E-state index contributed by atoms with van der Waals surface area (Å²) >= 11 is 6.63. The zero-order valence-corrected chi connectivity index (χ0v) is 17.8. The Morgan fingerprint density at radius 3 is 2.63 bits per heavy atom. The summed E-state index contributed by atoms with van der Waals surface area (Å²) < 4.78 is 6.23. The number of furan rings is 1. The number of amides is 1. The molecule has 3 aromatic rings. The highest BCUT2D eigenvalue weighted by atomic mass is 32.2. The predicted molar refractivity (Wildman–Crippen MR) is 122 cm³/mol. The van der Waals surface area contributed by atoms with Crippen LogP contribution in [-0.4, -0.2) is 15.2 Å². The predicted octanol–water partition coefficient (Wildman–Crippen LogP) is 5.88. The molecule has 1 aliphatic rings. The van der Waals surface area contributed by atoms with Crippen LogP contribution < -0.4 is 4.90 Å². The Balaban J connectivity index is 1.65. The minimum Gasteiger partial charge on any atom is -0.456 e. The van der Waals surface area contributed by atoms with Gasteiger partial charge in [-0.1, -0.05) is 53.8 Å². The average molecular weight is 437 g/mol. The standard InChI is InChI=1S/C22H16N2O4S2/c1-13-7-9-17(14(2)11-13)23-21(25)20(30-22(23)29)12-15-8-10-19(28-15)16-5-3-4-6-18(16)24(26)27/h3-12H,1-2H3/b20-12+. The zero-order chi connectivity index (χ0) is 21.4. The first-order chi connectivity index (χ1) is 14.3. The van der Waals surface area contributed by atoms with Crippen molar-refractivity contribution in [1.29, 1.82) is 0 Å². The van der Waals surface area contributed by atoms with E-state index >= 15 is 0 Å². The van der Waals surface area contributed by atoms with Crippen LogP contribution >= 0.6 is 24.0 Å². The molecule has 0 aliphatic carbocycles. The lowest BCUT2D eigenvalue weighted by Crippen LogP contribution is -2.28. The van der Waals surface area contributed by atoms with Crippen LogP contribution in [-0.2, 0) is 4.79 Å². The maximum Gasteiger partial charge on any atom is 0.280 e. The third kappa shape index (κ3) is 3.67. The number of hydrogen-bond acceptors (Lipinski definition) is 6. The molecular weight excluding hydrogens is 420 g/mol. The first-order valence-corrected chi connectivity index (χ1v) is 10.3. The lowest BCUT2D eigenvalue weighted by atomic mass is 10.1.